The van der Waals surface area contributed by atoms with Crippen molar-refractivity contribution in [1.82, 2.24) is 5.32 Å². The Bertz CT molecular complexity index is 333. The van der Waals surface area contributed by atoms with Gasteiger partial charge in [0.05, 0.1) is 0 Å². The molecule has 0 aromatic heterocycles. The lowest BCUT2D eigenvalue weighted by atomic mass is 10.1. The van der Waals surface area contributed by atoms with E-state index in [9.17, 15) is 0 Å². The van der Waals surface area contributed by atoms with E-state index in [4.69, 9.17) is 11.6 Å². The molecule has 0 bridgehead atoms. The molecule has 0 heterocycles. The Morgan fingerprint density at radius 1 is 1.33 bits per heavy atom. The number of rotatable bonds is 4. The van der Waals surface area contributed by atoms with Crippen LogP contribution >= 0.6 is 11.6 Å². The van der Waals surface area contributed by atoms with E-state index in [1.54, 1.807) is 11.1 Å². The van der Waals surface area contributed by atoms with Gasteiger partial charge in [-0.25, -0.2) is 0 Å². The quantitative estimate of drug-likeness (QED) is 0.775. The zero-order valence-corrected chi connectivity index (χ0v) is 9.98. The van der Waals surface area contributed by atoms with Crippen molar-refractivity contribution in [1.29, 1.82) is 0 Å². The first-order valence-electron chi connectivity index (χ1n) is 5.71. The molecule has 2 rings (SSSR count). The Kier molecular flexibility index (Phi) is 3.66. The van der Waals surface area contributed by atoms with Crippen LogP contribution in [0, 0.1) is 0 Å². The molecule has 0 radical (unpaired) electrons. The van der Waals surface area contributed by atoms with Gasteiger partial charge in [-0.1, -0.05) is 18.2 Å². The summed E-state index contributed by atoms with van der Waals surface area (Å²) in [5.41, 5.74) is 4.48. The average Bonchev–Trinajstić information content (AvgIpc) is 2.64. The molecule has 1 aliphatic carbocycles. The van der Waals surface area contributed by atoms with E-state index in [1.807, 2.05) is 6.92 Å². The second kappa shape index (κ2) is 5.00. The van der Waals surface area contributed by atoms with E-state index < -0.39 is 0 Å². The third-order valence-corrected chi connectivity index (χ3v) is 3.07. The third-order valence-electron chi connectivity index (χ3n) is 2.92. The van der Waals surface area contributed by atoms with Gasteiger partial charge in [-0.05, 0) is 42.9 Å². The van der Waals surface area contributed by atoms with Crippen LogP contribution in [0.5, 0.6) is 0 Å². The number of alkyl halides is 1. The molecule has 0 saturated carbocycles. The van der Waals surface area contributed by atoms with Gasteiger partial charge >= 0.3 is 0 Å². The molecule has 0 saturated heterocycles. The van der Waals surface area contributed by atoms with Crippen molar-refractivity contribution in [3.8, 4) is 0 Å². The summed E-state index contributed by atoms with van der Waals surface area (Å²) in [7, 11) is 0. The van der Waals surface area contributed by atoms with Crippen molar-refractivity contribution in [3.05, 3.63) is 34.9 Å². The zero-order chi connectivity index (χ0) is 10.7. The van der Waals surface area contributed by atoms with Crippen LogP contribution in [0.2, 0.25) is 0 Å². The fourth-order valence-corrected chi connectivity index (χ4v) is 2.26. The number of fused-ring (bicyclic) bond motifs is 1. The second-order valence-corrected chi connectivity index (χ2v) is 5.11. The summed E-state index contributed by atoms with van der Waals surface area (Å²) >= 11 is 5.88. The second-order valence-electron chi connectivity index (χ2n) is 4.37. The van der Waals surface area contributed by atoms with Crippen LogP contribution in [0.4, 0.5) is 0 Å². The van der Waals surface area contributed by atoms with Crippen LogP contribution in [0.1, 0.15) is 30.0 Å². The van der Waals surface area contributed by atoms with Gasteiger partial charge in [0.25, 0.3) is 0 Å². The van der Waals surface area contributed by atoms with Crippen LogP contribution in [-0.2, 0) is 19.4 Å². The lowest BCUT2D eigenvalue weighted by molar-refractivity contribution is 0.679. The molecule has 15 heavy (non-hydrogen) atoms. The fourth-order valence-electron chi connectivity index (χ4n) is 2.15. The minimum atomic E-state index is 0.208. The maximum absolute atomic E-state index is 5.88. The van der Waals surface area contributed by atoms with Crippen molar-refractivity contribution < 1.29 is 0 Å². The molecule has 0 spiro atoms. The molecule has 1 atom stereocenters. The van der Waals surface area contributed by atoms with Gasteiger partial charge in [0, 0.05) is 18.5 Å². The molecule has 0 amide bonds. The number of nitrogens with one attached hydrogen (secondary N) is 1. The predicted octanol–water partition coefficient (Wildman–Crippen LogP) is 2.89. The first-order chi connectivity index (χ1) is 7.25. The number of hydrogen-bond acceptors (Lipinski definition) is 1. The highest BCUT2D eigenvalue weighted by Gasteiger charge is 2.10. The van der Waals surface area contributed by atoms with Crippen molar-refractivity contribution in [2.75, 3.05) is 6.54 Å². The minimum Gasteiger partial charge on any atom is -0.311 e. The van der Waals surface area contributed by atoms with Gasteiger partial charge in [-0.2, -0.15) is 0 Å². The fraction of sp³-hybridized carbons (Fsp3) is 0.538. The van der Waals surface area contributed by atoms with E-state index in [0.717, 1.165) is 13.1 Å². The molecule has 2 heteroatoms. The molecule has 1 aliphatic rings. The smallest absolute Gasteiger partial charge is 0.0432 e. The van der Waals surface area contributed by atoms with Gasteiger partial charge in [-0.15, -0.1) is 11.6 Å². The maximum atomic E-state index is 5.88. The lowest BCUT2D eigenvalue weighted by Gasteiger charge is -2.08. The van der Waals surface area contributed by atoms with Crippen LogP contribution in [-0.4, -0.2) is 11.9 Å². The normalized spacial score (nSPS) is 16.4. The Balaban J connectivity index is 1.92. The Labute approximate surface area is 96.8 Å². The molecule has 0 aliphatic heterocycles. The highest BCUT2D eigenvalue weighted by atomic mass is 35.5. The molecule has 0 fully saturated rings. The molecular formula is C13H18ClN. The van der Waals surface area contributed by atoms with E-state index in [0.29, 0.717) is 0 Å². The highest BCUT2D eigenvalue weighted by Crippen LogP contribution is 2.22. The summed E-state index contributed by atoms with van der Waals surface area (Å²) in [5, 5.41) is 3.57. The van der Waals surface area contributed by atoms with E-state index in [2.05, 4.69) is 23.5 Å². The van der Waals surface area contributed by atoms with E-state index >= 15 is 0 Å². The van der Waals surface area contributed by atoms with Gasteiger partial charge in [0.2, 0.25) is 0 Å². The third kappa shape index (κ3) is 2.96. The average molecular weight is 224 g/mol. The predicted molar refractivity (Wildman–Crippen MR) is 65.5 cm³/mol. The highest BCUT2D eigenvalue weighted by molar-refractivity contribution is 6.20. The van der Waals surface area contributed by atoms with Crippen molar-refractivity contribution in [2.45, 2.75) is 38.1 Å². The van der Waals surface area contributed by atoms with Gasteiger partial charge < -0.3 is 5.32 Å². The first kappa shape index (κ1) is 11.0. The lowest BCUT2D eigenvalue weighted by Crippen LogP contribution is -2.20. The van der Waals surface area contributed by atoms with Crippen LogP contribution in [0.3, 0.4) is 0 Å². The summed E-state index contributed by atoms with van der Waals surface area (Å²) < 4.78 is 0. The zero-order valence-electron chi connectivity index (χ0n) is 9.22. The molecule has 1 unspecified atom stereocenters. The molecule has 1 nitrogen and oxygen atoms in total. The van der Waals surface area contributed by atoms with Crippen molar-refractivity contribution in [3.63, 3.8) is 0 Å². The summed E-state index contributed by atoms with van der Waals surface area (Å²) in [6, 6.07) is 6.85. The minimum absolute atomic E-state index is 0.208. The number of aryl methyl sites for hydroxylation is 2. The van der Waals surface area contributed by atoms with Crippen LogP contribution < -0.4 is 5.32 Å². The molecule has 1 aromatic carbocycles. The summed E-state index contributed by atoms with van der Waals surface area (Å²) in [6.45, 7) is 3.82. The molecular weight excluding hydrogens is 206 g/mol. The van der Waals surface area contributed by atoms with Gasteiger partial charge in [-0.3, -0.25) is 0 Å². The molecule has 82 valence electrons. The van der Waals surface area contributed by atoms with Gasteiger partial charge in [0.1, 0.15) is 0 Å². The monoisotopic (exact) mass is 223 g/mol. The van der Waals surface area contributed by atoms with Crippen molar-refractivity contribution in [2.24, 2.45) is 0 Å². The van der Waals surface area contributed by atoms with Crippen LogP contribution in [0.15, 0.2) is 18.2 Å². The molecule has 1 N–H and O–H groups in total. The standard InChI is InChI=1S/C13H18ClN/c1-10(14)8-15-9-11-5-6-12-3-2-4-13(12)7-11/h5-7,10,15H,2-4,8-9H2,1H3. The number of benzene rings is 1. The van der Waals surface area contributed by atoms with E-state index in [-0.39, 0.29) is 5.38 Å². The van der Waals surface area contributed by atoms with E-state index in [1.165, 1.54) is 24.8 Å². The van der Waals surface area contributed by atoms with Crippen LogP contribution in [0.25, 0.3) is 0 Å². The number of hydrogen-bond donors (Lipinski definition) is 1. The van der Waals surface area contributed by atoms with Crippen molar-refractivity contribution >= 4 is 11.6 Å². The summed E-state index contributed by atoms with van der Waals surface area (Å²) in [4.78, 5) is 0. The first-order valence-corrected chi connectivity index (χ1v) is 6.15. The van der Waals surface area contributed by atoms with Gasteiger partial charge in [0.15, 0.2) is 0 Å². The topological polar surface area (TPSA) is 12.0 Å². The summed E-state index contributed by atoms with van der Waals surface area (Å²) in [5.74, 6) is 0. The Hall–Kier alpha value is -0.530. The molecule has 1 aromatic rings. The SMILES string of the molecule is CC(Cl)CNCc1ccc2c(c1)CCC2. The summed E-state index contributed by atoms with van der Waals surface area (Å²) in [6.07, 6.45) is 3.85. The largest absolute Gasteiger partial charge is 0.311 e. The maximum Gasteiger partial charge on any atom is 0.0432 e. The Morgan fingerprint density at radius 2 is 2.13 bits per heavy atom. The Morgan fingerprint density at radius 3 is 2.93 bits per heavy atom. The number of halogens is 1.